The van der Waals surface area contributed by atoms with Gasteiger partial charge in [-0.05, 0) is 72.9 Å². The number of benzene rings is 4. The molecule has 6 N–H and O–H groups in total. The van der Waals surface area contributed by atoms with E-state index in [4.69, 9.17) is 21.1 Å². The van der Waals surface area contributed by atoms with E-state index < -0.39 is 12.2 Å². The van der Waals surface area contributed by atoms with Crippen molar-refractivity contribution in [1.82, 2.24) is 20.1 Å². The maximum atomic E-state index is 13.0. The molecule has 7 rings (SSSR count). The fourth-order valence-corrected chi connectivity index (χ4v) is 9.04. The molecular weight excluding hydrogens is 824 g/mol. The highest BCUT2D eigenvalue weighted by Crippen LogP contribution is 2.40. The van der Waals surface area contributed by atoms with Gasteiger partial charge in [-0.15, -0.1) is 0 Å². The number of phenolic OH excluding ortho intramolecular Hbond substituents is 1. The van der Waals surface area contributed by atoms with Gasteiger partial charge in [0.2, 0.25) is 17.4 Å². The first-order chi connectivity index (χ1) is 30.4. The number of phenols is 1. The molecule has 3 atom stereocenters. The van der Waals surface area contributed by atoms with Crippen LogP contribution in [0.2, 0.25) is 5.02 Å². The van der Waals surface area contributed by atoms with Gasteiger partial charge in [-0.25, -0.2) is 4.79 Å². The van der Waals surface area contributed by atoms with Gasteiger partial charge in [-0.1, -0.05) is 66.2 Å². The summed E-state index contributed by atoms with van der Waals surface area (Å²) in [7, 11) is 3.32. The molecule has 1 saturated heterocycles. The van der Waals surface area contributed by atoms with E-state index in [1.165, 1.54) is 19.2 Å². The van der Waals surface area contributed by atoms with Crippen molar-refractivity contribution in [2.24, 2.45) is 11.8 Å². The van der Waals surface area contributed by atoms with Crippen LogP contribution in [0.5, 0.6) is 11.5 Å². The second-order valence-corrected chi connectivity index (χ2v) is 16.9. The van der Waals surface area contributed by atoms with E-state index in [0.717, 1.165) is 48.3 Å². The molecule has 1 aromatic heterocycles. The first kappa shape index (κ1) is 45.1. The number of halogens is 1. The smallest absolute Gasteiger partial charge is 0.411 e. The summed E-state index contributed by atoms with van der Waals surface area (Å²) < 4.78 is 11.5. The molecule has 2 unspecified atom stereocenters. The third kappa shape index (κ3) is 11.6. The number of amides is 3. The molecule has 5 aromatic rings. The van der Waals surface area contributed by atoms with Crippen molar-refractivity contribution in [3.63, 3.8) is 0 Å². The van der Waals surface area contributed by atoms with Crippen LogP contribution in [0.15, 0.2) is 95.8 Å². The van der Waals surface area contributed by atoms with Crippen LogP contribution in [0.1, 0.15) is 55.8 Å². The number of aliphatic hydroxyl groups excluding tert-OH is 1. The number of carbonyl (C=O) groups is 3. The molecule has 14 nitrogen and oxygen atoms in total. The summed E-state index contributed by atoms with van der Waals surface area (Å²) in [6, 6.07) is 27.0. The minimum atomic E-state index is -0.942. The molecule has 0 spiro atoms. The lowest BCUT2D eigenvalue weighted by atomic mass is 10.0. The standard InChI is InChI=1S/C48H55ClN6O8/c1-54(46(60)19-21-55-28-32-22-34(23-33(32)29-55)63-48(61)52-39-13-7-6-12-35(39)30-10-4-3-5-11-30)20-9-8-14-44(58)51-40-25-43(62-2)31(24-38(40)49)26-50-27-42(57)36-15-17-41(56)47-37(36)16-18-45(59)53-47/h3-7,10-13,15-18,24-25,32-34,42,50,56-57H,8-9,14,19-23,26-29H2,1-2H3,(H,51,58)(H,52,61)(H,53,59)/t32?,33?,34?,42-/m0/s1. The monoisotopic (exact) mass is 878 g/mol. The fraction of sp³-hybridized carbons (Fsp3) is 0.375. The zero-order chi connectivity index (χ0) is 44.5. The Kier molecular flexibility index (Phi) is 15.0. The van der Waals surface area contributed by atoms with Gasteiger partial charge in [0.15, 0.2) is 0 Å². The number of rotatable bonds is 18. The molecule has 2 fully saturated rings. The molecule has 332 valence electrons. The molecule has 1 aliphatic carbocycles. The predicted molar refractivity (Wildman–Crippen MR) is 244 cm³/mol. The van der Waals surface area contributed by atoms with Crippen LogP contribution in [0.25, 0.3) is 22.0 Å². The fourth-order valence-electron chi connectivity index (χ4n) is 8.81. The van der Waals surface area contributed by atoms with Gasteiger partial charge in [-0.2, -0.15) is 0 Å². The highest BCUT2D eigenvalue weighted by molar-refractivity contribution is 6.33. The van der Waals surface area contributed by atoms with Gasteiger partial charge in [-0.3, -0.25) is 19.7 Å². The molecule has 3 amide bonds. The summed E-state index contributed by atoms with van der Waals surface area (Å²) in [6.45, 7) is 3.47. The Balaban J connectivity index is 0.774. The molecule has 2 heterocycles. The Hall–Kier alpha value is -5.93. The summed E-state index contributed by atoms with van der Waals surface area (Å²) in [5, 5.41) is 31.0. The lowest BCUT2D eigenvalue weighted by Gasteiger charge is -2.21. The Morgan fingerprint density at radius 3 is 2.43 bits per heavy atom. The molecule has 0 radical (unpaired) electrons. The number of methoxy groups -OCH3 is 1. The van der Waals surface area contributed by atoms with Crippen molar-refractivity contribution >= 4 is 51.8 Å². The Labute approximate surface area is 371 Å². The average molecular weight is 879 g/mol. The van der Waals surface area contributed by atoms with E-state index in [2.05, 4.69) is 25.8 Å². The topological polar surface area (TPSA) is 186 Å². The molecule has 1 aliphatic heterocycles. The summed E-state index contributed by atoms with van der Waals surface area (Å²) in [6.07, 6.45) is 2.07. The number of hydrogen-bond acceptors (Lipinski definition) is 10. The second kappa shape index (κ2) is 21.0. The number of fused-ring (bicyclic) bond motifs is 2. The molecule has 2 aliphatic rings. The lowest BCUT2D eigenvalue weighted by molar-refractivity contribution is -0.130. The molecular formula is C48H55ClN6O8. The van der Waals surface area contributed by atoms with Crippen LogP contribution < -0.4 is 26.2 Å². The maximum Gasteiger partial charge on any atom is 0.411 e. The van der Waals surface area contributed by atoms with Crippen LogP contribution in [-0.2, 0) is 20.9 Å². The third-order valence-electron chi connectivity index (χ3n) is 12.1. The van der Waals surface area contributed by atoms with Crippen LogP contribution in [0, 0.1) is 11.8 Å². The minimum absolute atomic E-state index is 0.0690. The number of likely N-dealkylation sites (tertiary alicyclic amines) is 1. The van der Waals surface area contributed by atoms with Crippen LogP contribution in [0.3, 0.4) is 0 Å². The van der Waals surface area contributed by atoms with Crippen molar-refractivity contribution in [1.29, 1.82) is 0 Å². The Morgan fingerprint density at radius 2 is 1.67 bits per heavy atom. The van der Waals surface area contributed by atoms with Gasteiger partial charge in [0.25, 0.3) is 0 Å². The number of ether oxygens (including phenoxy) is 2. The highest BCUT2D eigenvalue weighted by atomic mass is 35.5. The number of hydrogen-bond donors (Lipinski definition) is 6. The summed E-state index contributed by atoms with van der Waals surface area (Å²) in [4.78, 5) is 57.2. The van der Waals surface area contributed by atoms with E-state index in [0.29, 0.717) is 78.1 Å². The number of aromatic hydroxyl groups is 1. The van der Waals surface area contributed by atoms with Crippen molar-refractivity contribution in [3.05, 3.63) is 117 Å². The first-order valence-corrected chi connectivity index (χ1v) is 21.8. The zero-order valence-corrected chi connectivity index (χ0v) is 36.3. The van der Waals surface area contributed by atoms with Crippen LogP contribution >= 0.6 is 11.6 Å². The molecule has 4 aromatic carbocycles. The molecule has 63 heavy (non-hydrogen) atoms. The van der Waals surface area contributed by atoms with Crippen LogP contribution in [0.4, 0.5) is 16.2 Å². The van der Waals surface area contributed by atoms with Crippen molar-refractivity contribution in [3.8, 4) is 22.6 Å². The molecule has 0 bridgehead atoms. The van der Waals surface area contributed by atoms with Crippen molar-refractivity contribution < 1.29 is 34.1 Å². The largest absolute Gasteiger partial charge is 0.506 e. The SMILES string of the molecule is COc1cc(NC(=O)CCCCN(C)C(=O)CCN2CC3CC(OC(=O)Nc4ccccc4-c4ccccc4)CC3C2)c(Cl)cc1CNC[C@H](O)c1ccc(O)c2[nH]c(=O)ccc12. The zero-order valence-electron chi connectivity index (χ0n) is 35.6. The molecule has 1 saturated carbocycles. The number of aromatic amines is 1. The summed E-state index contributed by atoms with van der Waals surface area (Å²) in [5.41, 5.74) is 4.26. The van der Waals surface area contributed by atoms with Crippen molar-refractivity contribution in [2.45, 2.75) is 57.3 Å². The normalized spacial score (nSPS) is 17.6. The van der Waals surface area contributed by atoms with Crippen molar-refractivity contribution in [2.75, 3.05) is 57.5 Å². The van der Waals surface area contributed by atoms with Gasteiger partial charge in [0.05, 0.1) is 35.1 Å². The number of nitrogens with zero attached hydrogens (tertiary/aromatic N) is 2. The third-order valence-corrected chi connectivity index (χ3v) is 12.4. The number of unbranched alkanes of at least 4 members (excludes halogenated alkanes) is 1. The lowest BCUT2D eigenvalue weighted by Crippen LogP contribution is -2.33. The first-order valence-electron chi connectivity index (χ1n) is 21.4. The average Bonchev–Trinajstić information content (AvgIpc) is 3.84. The van der Waals surface area contributed by atoms with E-state index in [-0.39, 0.29) is 47.7 Å². The van der Waals surface area contributed by atoms with Gasteiger partial charge < -0.3 is 45.1 Å². The quantitative estimate of drug-likeness (QED) is 0.0488. The number of aromatic nitrogens is 1. The Bertz CT molecular complexity index is 2450. The van der Waals surface area contributed by atoms with Gasteiger partial charge in [0.1, 0.15) is 17.6 Å². The van der Waals surface area contributed by atoms with Gasteiger partial charge in [0, 0.05) is 87.8 Å². The number of para-hydroxylation sites is 1. The van der Waals surface area contributed by atoms with Crippen LogP contribution in [-0.4, -0.2) is 95.9 Å². The molecule has 15 heteroatoms. The maximum absolute atomic E-state index is 13.0. The highest BCUT2D eigenvalue weighted by Gasteiger charge is 2.42. The summed E-state index contributed by atoms with van der Waals surface area (Å²) >= 11 is 6.58. The second-order valence-electron chi connectivity index (χ2n) is 16.5. The number of aliphatic hydroxyl groups is 1. The van der Waals surface area contributed by atoms with Gasteiger partial charge >= 0.3 is 6.09 Å². The van der Waals surface area contributed by atoms with E-state index in [1.807, 2.05) is 54.6 Å². The van der Waals surface area contributed by atoms with E-state index >= 15 is 0 Å². The van der Waals surface area contributed by atoms with E-state index in [1.54, 1.807) is 36.2 Å². The number of carbonyl (C=O) groups excluding carboxylic acids is 3. The minimum Gasteiger partial charge on any atom is -0.506 e. The number of pyridine rings is 1. The van der Waals surface area contributed by atoms with E-state index in [9.17, 15) is 29.4 Å². The number of H-pyrrole nitrogens is 1. The number of nitrogens with one attached hydrogen (secondary N) is 4. The number of anilines is 2. The summed E-state index contributed by atoms with van der Waals surface area (Å²) in [5.74, 6) is 1.15. The Morgan fingerprint density at radius 1 is 0.921 bits per heavy atom. The predicted octanol–water partition coefficient (Wildman–Crippen LogP) is 7.30.